The van der Waals surface area contributed by atoms with Crippen LogP contribution in [0.15, 0.2) is 42.7 Å². The summed E-state index contributed by atoms with van der Waals surface area (Å²) in [6.45, 7) is 4.24. The highest BCUT2D eigenvalue weighted by Gasteiger charge is 2.09. The molecule has 0 saturated heterocycles. The van der Waals surface area contributed by atoms with E-state index in [0.29, 0.717) is 5.88 Å². The van der Waals surface area contributed by atoms with Gasteiger partial charge in [-0.25, -0.2) is 4.98 Å². The lowest BCUT2D eigenvalue weighted by atomic mass is 10.1. The van der Waals surface area contributed by atoms with Crippen molar-refractivity contribution in [3.05, 3.63) is 59.4 Å². The van der Waals surface area contributed by atoms with E-state index in [1.807, 2.05) is 18.5 Å². The molecule has 19 heavy (non-hydrogen) atoms. The molecule has 0 unspecified atom stereocenters. The lowest BCUT2D eigenvalue weighted by Crippen LogP contribution is -1.97. The number of hydrogen-bond acceptors (Lipinski definition) is 1. The van der Waals surface area contributed by atoms with Gasteiger partial charge in [0, 0.05) is 5.88 Å². The normalized spacial score (nSPS) is 11.1. The Morgan fingerprint density at radius 2 is 1.84 bits per heavy atom. The summed E-state index contributed by atoms with van der Waals surface area (Å²) in [5.41, 5.74) is 6.90. The van der Waals surface area contributed by atoms with Gasteiger partial charge >= 0.3 is 0 Å². The molecule has 2 nitrogen and oxygen atoms in total. The van der Waals surface area contributed by atoms with E-state index in [1.54, 1.807) is 0 Å². The van der Waals surface area contributed by atoms with Gasteiger partial charge in [-0.15, -0.1) is 11.6 Å². The zero-order valence-corrected chi connectivity index (χ0v) is 11.8. The molecular weight excluding hydrogens is 256 g/mol. The summed E-state index contributed by atoms with van der Waals surface area (Å²) in [6.07, 6.45) is 1.87. The fourth-order valence-corrected chi connectivity index (χ4v) is 2.54. The van der Waals surface area contributed by atoms with Crippen LogP contribution in [0.25, 0.3) is 16.7 Å². The second-order valence-electron chi connectivity index (χ2n) is 4.80. The Morgan fingerprint density at radius 3 is 2.63 bits per heavy atom. The molecule has 0 fully saturated rings. The van der Waals surface area contributed by atoms with Crippen molar-refractivity contribution in [2.45, 2.75) is 19.7 Å². The number of para-hydroxylation sites is 1. The molecule has 0 atom stereocenters. The summed E-state index contributed by atoms with van der Waals surface area (Å²) in [6, 6.07) is 12.5. The van der Waals surface area contributed by atoms with Gasteiger partial charge in [0.2, 0.25) is 0 Å². The number of imidazole rings is 1. The molecule has 0 bridgehead atoms. The van der Waals surface area contributed by atoms with Crippen LogP contribution < -0.4 is 0 Å². The lowest BCUT2D eigenvalue weighted by Gasteiger charge is -2.09. The summed E-state index contributed by atoms with van der Waals surface area (Å²) >= 11 is 6.02. The van der Waals surface area contributed by atoms with E-state index in [4.69, 9.17) is 11.6 Å². The number of alkyl halides is 1. The molecule has 0 amide bonds. The van der Waals surface area contributed by atoms with Gasteiger partial charge in [-0.3, -0.25) is 4.57 Å². The summed E-state index contributed by atoms with van der Waals surface area (Å²) in [7, 11) is 0. The first-order valence-corrected chi connectivity index (χ1v) is 6.82. The molecule has 3 rings (SSSR count). The van der Waals surface area contributed by atoms with Crippen LogP contribution in [0.1, 0.15) is 16.7 Å². The minimum Gasteiger partial charge on any atom is -0.299 e. The SMILES string of the molecule is Cc1cc2ncn(-c3ccccc3CCl)c2cc1C. The maximum absolute atomic E-state index is 6.02. The summed E-state index contributed by atoms with van der Waals surface area (Å²) in [5.74, 6) is 0.501. The molecular formula is C16H15ClN2. The van der Waals surface area contributed by atoms with Crippen molar-refractivity contribution < 1.29 is 0 Å². The minimum absolute atomic E-state index is 0.501. The van der Waals surface area contributed by atoms with Crippen LogP contribution in [0.5, 0.6) is 0 Å². The number of halogens is 1. The average Bonchev–Trinajstić information content (AvgIpc) is 2.82. The molecule has 3 aromatic rings. The number of nitrogens with zero attached hydrogens (tertiary/aromatic N) is 2. The zero-order chi connectivity index (χ0) is 13.4. The first-order chi connectivity index (χ1) is 9.20. The lowest BCUT2D eigenvalue weighted by molar-refractivity contribution is 1.07. The fourth-order valence-electron chi connectivity index (χ4n) is 2.32. The maximum atomic E-state index is 6.02. The molecule has 0 aliphatic rings. The number of aromatic nitrogens is 2. The predicted molar refractivity (Wildman–Crippen MR) is 80.1 cm³/mol. The summed E-state index contributed by atoms with van der Waals surface area (Å²) in [4.78, 5) is 4.49. The van der Waals surface area contributed by atoms with Crippen molar-refractivity contribution in [3.8, 4) is 5.69 Å². The molecule has 1 heterocycles. The van der Waals surface area contributed by atoms with Crippen LogP contribution in [0.2, 0.25) is 0 Å². The fraction of sp³-hybridized carbons (Fsp3) is 0.188. The predicted octanol–water partition coefficient (Wildman–Crippen LogP) is 4.38. The van der Waals surface area contributed by atoms with E-state index < -0.39 is 0 Å². The highest BCUT2D eigenvalue weighted by molar-refractivity contribution is 6.17. The van der Waals surface area contributed by atoms with Gasteiger partial charge in [-0.2, -0.15) is 0 Å². The Labute approximate surface area is 117 Å². The van der Waals surface area contributed by atoms with Gasteiger partial charge in [0.15, 0.2) is 0 Å². The van der Waals surface area contributed by atoms with Gasteiger partial charge in [0.1, 0.15) is 6.33 Å². The third-order valence-electron chi connectivity index (χ3n) is 3.56. The smallest absolute Gasteiger partial charge is 0.100 e. The van der Waals surface area contributed by atoms with Gasteiger partial charge in [-0.1, -0.05) is 18.2 Å². The molecule has 96 valence electrons. The molecule has 0 N–H and O–H groups in total. The maximum Gasteiger partial charge on any atom is 0.100 e. The van der Waals surface area contributed by atoms with Crippen LogP contribution in [-0.4, -0.2) is 9.55 Å². The molecule has 2 aromatic carbocycles. The quantitative estimate of drug-likeness (QED) is 0.632. The Balaban J connectivity index is 2.28. The summed E-state index contributed by atoms with van der Waals surface area (Å²) in [5, 5.41) is 0. The Kier molecular flexibility index (Phi) is 3.03. The number of fused-ring (bicyclic) bond motifs is 1. The molecule has 0 saturated carbocycles. The molecule has 0 radical (unpaired) electrons. The number of rotatable bonds is 2. The van der Waals surface area contributed by atoms with Crippen LogP contribution >= 0.6 is 11.6 Å². The molecule has 0 aliphatic heterocycles. The van der Waals surface area contributed by atoms with Crippen LogP contribution in [-0.2, 0) is 5.88 Å². The van der Waals surface area contributed by atoms with Crippen LogP contribution in [0, 0.1) is 13.8 Å². The first-order valence-electron chi connectivity index (χ1n) is 6.29. The highest BCUT2D eigenvalue weighted by Crippen LogP contribution is 2.24. The first kappa shape index (κ1) is 12.2. The van der Waals surface area contributed by atoms with Crippen molar-refractivity contribution in [2.24, 2.45) is 0 Å². The number of benzene rings is 2. The van der Waals surface area contributed by atoms with Gasteiger partial charge in [0.25, 0.3) is 0 Å². The third kappa shape index (κ3) is 2.02. The van der Waals surface area contributed by atoms with E-state index >= 15 is 0 Å². The number of aryl methyl sites for hydroxylation is 2. The second kappa shape index (κ2) is 4.71. The molecule has 1 aromatic heterocycles. The largest absolute Gasteiger partial charge is 0.299 e. The number of hydrogen-bond donors (Lipinski definition) is 0. The van der Waals surface area contributed by atoms with Crippen molar-refractivity contribution in [1.82, 2.24) is 9.55 Å². The standard InChI is InChI=1S/C16H15ClN2/c1-11-7-14-16(8-12(11)2)19(10-18-14)15-6-4-3-5-13(15)9-17/h3-8,10H,9H2,1-2H3. The Bertz CT molecular complexity index is 744. The van der Waals surface area contributed by atoms with Crippen LogP contribution in [0.3, 0.4) is 0 Å². The van der Waals surface area contributed by atoms with Crippen LogP contribution in [0.4, 0.5) is 0 Å². The van der Waals surface area contributed by atoms with Crippen molar-refractivity contribution in [1.29, 1.82) is 0 Å². The van der Waals surface area contributed by atoms with E-state index in [1.165, 1.54) is 11.1 Å². The highest BCUT2D eigenvalue weighted by atomic mass is 35.5. The molecule has 0 spiro atoms. The zero-order valence-electron chi connectivity index (χ0n) is 11.0. The topological polar surface area (TPSA) is 17.8 Å². The summed E-state index contributed by atoms with van der Waals surface area (Å²) < 4.78 is 2.11. The van der Waals surface area contributed by atoms with E-state index in [2.05, 4.69) is 47.7 Å². The Hall–Kier alpha value is -1.80. The molecule has 3 heteroatoms. The Morgan fingerprint density at radius 1 is 1.11 bits per heavy atom. The van der Waals surface area contributed by atoms with E-state index in [9.17, 15) is 0 Å². The minimum atomic E-state index is 0.501. The third-order valence-corrected chi connectivity index (χ3v) is 3.85. The van der Waals surface area contributed by atoms with Crippen molar-refractivity contribution in [2.75, 3.05) is 0 Å². The monoisotopic (exact) mass is 270 g/mol. The van der Waals surface area contributed by atoms with Gasteiger partial charge < -0.3 is 0 Å². The average molecular weight is 271 g/mol. The van der Waals surface area contributed by atoms with Gasteiger partial charge in [-0.05, 0) is 48.7 Å². The van der Waals surface area contributed by atoms with Crippen molar-refractivity contribution in [3.63, 3.8) is 0 Å². The van der Waals surface area contributed by atoms with E-state index in [0.717, 1.165) is 22.3 Å². The van der Waals surface area contributed by atoms with Crippen molar-refractivity contribution >= 4 is 22.6 Å². The molecule has 0 aliphatic carbocycles. The second-order valence-corrected chi connectivity index (χ2v) is 5.07. The van der Waals surface area contributed by atoms with E-state index in [-0.39, 0.29) is 0 Å². The van der Waals surface area contributed by atoms with Gasteiger partial charge in [0.05, 0.1) is 16.7 Å².